The maximum atomic E-state index is 12.7. The number of urea groups is 1. The van der Waals surface area contributed by atoms with Crippen LogP contribution in [0.4, 0.5) is 10.5 Å². The van der Waals surface area contributed by atoms with Crippen molar-refractivity contribution in [3.05, 3.63) is 42.0 Å². The Balaban J connectivity index is 2.35. The van der Waals surface area contributed by atoms with E-state index in [9.17, 15) is 14.7 Å². The number of carboxylic acid groups (broad SMARTS) is 1. The molecule has 0 fully saturated rings. The molecule has 0 aromatic heterocycles. The Morgan fingerprint density at radius 2 is 2.10 bits per heavy atom. The molecule has 0 bridgehead atoms. The number of carbonyl (C=O) groups excluding carboxylic acids is 1. The van der Waals surface area contributed by atoms with E-state index in [-0.39, 0.29) is 6.03 Å². The molecule has 1 N–H and O–H groups in total. The smallest absolute Gasteiger partial charge is 0.327 e. The maximum Gasteiger partial charge on any atom is 0.327 e. The highest BCUT2D eigenvalue weighted by Crippen LogP contribution is 2.33. The Hall–Kier alpha value is -2.30. The fraction of sp³-hybridized carbons (Fsp3) is 0.375. The summed E-state index contributed by atoms with van der Waals surface area (Å²) in [7, 11) is 0. The number of aliphatic carboxylic acids is 1. The normalized spacial score (nSPS) is 16.5. The predicted molar refractivity (Wildman–Crippen MR) is 81.5 cm³/mol. The van der Waals surface area contributed by atoms with E-state index >= 15 is 0 Å². The van der Waals surface area contributed by atoms with Gasteiger partial charge in [0.25, 0.3) is 0 Å². The fourth-order valence-corrected chi connectivity index (χ4v) is 2.61. The number of likely N-dealkylation sites (N-methyl/N-ethyl adjacent to an activating group) is 1. The van der Waals surface area contributed by atoms with Crippen LogP contribution < -0.4 is 4.90 Å². The summed E-state index contributed by atoms with van der Waals surface area (Å²) in [4.78, 5) is 27.2. The van der Waals surface area contributed by atoms with E-state index in [0.29, 0.717) is 25.2 Å². The van der Waals surface area contributed by atoms with Crippen molar-refractivity contribution in [3.63, 3.8) is 0 Å². The molecule has 1 aromatic carbocycles. The number of anilines is 1. The van der Waals surface area contributed by atoms with Crippen LogP contribution in [0.25, 0.3) is 0 Å². The third-order valence-corrected chi connectivity index (χ3v) is 3.58. The van der Waals surface area contributed by atoms with Crippen LogP contribution in [-0.4, -0.2) is 41.1 Å². The molecule has 1 unspecified atom stereocenters. The van der Waals surface area contributed by atoms with Gasteiger partial charge in [-0.15, -0.1) is 0 Å². The van der Waals surface area contributed by atoms with Crippen molar-refractivity contribution < 1.29 is 14.7 Å². The highest BCUT2D eigenvalue weighted by atomic mass is 16.4. The molecule has 5 nitrogen and oxygen atoms in total. The highest BCUT2D eigenvalue weighted by Gasteiger charge is 2.39. The average Bonchev–Trinajstić information content (AvgIpc) is 2.83. The fourth-order valence-electron chi connectivity index (χ4n) is 2.61. The highest BCUT2D eigenvalue weighted by molar-refractivity contribution is 6.01. The maximum absolute atomic E-state index is 12.7. The summed E-state index contributed by atoms with van der Waals surface area (Å²) in [6.45, 7) is 8.49. The molecule has 2 amide bonds. The Kier molecular flexibility index (Phi) is 4.31. The standard InChI is InChI=1S/C16H20N2O3/c1-4-17(10-11(2)3)16(21)18-13-8-6-5-7-12(13)9-14(18)15(19)20/h5-8,14H,2,4,9-10H2,1,3H3,(H,19,20). The first-order chi connectivity index (χ1) is 9.95. The predicted octanol–water partition coefficient (Wildman–Crippen LogP) is 2.52. The quantitative estimate of drug-likeness (QED) is 0.866. The average molecular weight is 288 g/mol. The number of benzene rings is 1. The van der Waals surface area contributed by atoms with Crippen LogP contribution in [0.2, 0.25) is 0 Å². The second-order valence-electron chi connectivity index (χ2n) is 5.31. The molecule has 0 saturated heterocycles. The molecule has 5 heteroatoms. The molecule has 0 radical (unpaired) electrons. The Morgan fingerprint density at radius 3 is 2.67 bits per heavy atom. The summed E-state index contributed by atoms with van der Waals surface area (Å²) >= 11 is 0. The zero-order valence-corrected chi connectivity index (χ0v) is 12.4. The van der Waals surface area contributed by atoms with Crippen LogP contribution in [0.5, 0.6) is 0 Å². The molecule has 1 aliphatic rings. The summed E-state index contributed by atoms with van der Waals surface area (Å²) in [5.74, 6) is -0.981. The van der Waals surface area contributed by atoms with Crippen LogP contribution in [0.3, 0.4) is 0 Å². The van der Waals surface area contributed by atoms with Crippen LogP contribution >= 0.6 is 0 Å². The third-order valence-electron chi connectivity index (χ3n) is 3.58. The SMILES string of the molecule is C=C(C)CN(CC)C(=O)N1c2ccccc2CC1C(=O)O. The number of rotatable bonds is 4. The Bertz CT molecular complexity index is 583. The molecule has 1 aromatic rings. The lowest BCUT2D eigenvalue weighted by Crippen LogP contribution is -2.50. The van der Waals surface area contributed by atoms with Gasteiger partial charge in [0.05, 0.1) is 0 Å². The van der Waals surface area contributed by atoms with Gasteiger partial charge in [0.1, 0.15) is 6.04 Å². The van der Waals surface area contributed by atoms with Crippen molar-refractivity contribution in [1.82, 2.24) is 4.90 Å². The lowest BCUT2D eigenvalue weighted by atomic mass is 10.1. The number of hydrogen-bond donors (Lipinski definition) is 1. The molecule has 112 valence electrons. The van der Waals surface area contributed by atoms with Gasteiger partial charge >= 0.3 is 12.0 Å². The van der Waals surface area contributed by atoms with E-state index < -0.39 is 12.0 Å². The molecule has 2 rings (SSSR count). The summed E-state index contributed by atoms with van der Waals surface area (Å²) in [5, 5.41) is 9.41. The van der Waals surface area contributed by atoms with E-state index in [2.05, 4.69) is 6.58 Å². The molecule has 1 aliphatic heterocycles. The first kappa shape index (κ1) is 15.1. The Morgan fingerprint density at radius 1 is 1.43 bits per heavy atom. The van der Waals surface area contributed by atoms with Crippen LogP contribution in [0.15, 0.2) is 36.4 Å². The molecule has 0 aliphatic carbocycles. The van der Waals surface area contributed by atoms with E-state index in [1.807, 2.05) is 32.0 Å². The lowest BCUT2D eigenvalue weighted by Gasteiger charge is -2.30. The largest absolute Gasteiger partial charge is 0.480 e. The van der Waals surface area contributed by atoms with Crippen molar-refractivity contribution in [3.8, 4) is 0 Å². The number of nitrogens with zero attached hydrogens (tertiary/aromatic N) is 2. The zero-order chi connectivity index (χ0) is 15.6. The summed E-state index contributed by atoms with van der Waals surface area (Å²) in [5.41, 5.74) is 2.45. The number of amides is 2. The van der Waals surface area contributed by atoms with Gasteiger partial charge in [-0.25, -0.2) is 9.59 Å². The second-order valence-corrected chi connectivity index (χ2v) is 5.31. The number of para-hydroxylation sites is 1. The van der Waals surface area contributed by atoms with Crippen molar-refractivity contribution in [2.45, 2.75) is 26.3 Å². The second kappa shape index (κ2) is 5.99. The van der Waals surface area contributed by atoms with Crippen molar-refractivity contribution in [2.24, 2.45) is 0 Å². The van der Waals surface area contributed by atoms with E-state index in [1.54, 1.807) is 11.0 Å². The molecule has 1 atom stereocenters. The van der Waals surface area contributed by atoms with E-state index in [0.717, 1.165) is 11.1 Å². The van der Waals surface area contributed by atoms with Crippen molar-refractivity contribution in [1.29, 1.82) is 0 Å². The Labute approximate surface area is 124 Å². The third kappa shape index (κ3) is 2.91. The van der Waals surface area contributed by atoms with Gasteiger partial charge in [0, 0.05) is 25.2 Å². The molecular formula is C16H20N2O3. The molecule has 0 saturated carbocycles. The van der Waals surface area contributed by atoms with Gasteiger partial charge in [-0.05, 0) is 25.5 Å². The van der Waals surface area contributed by atoms with E-state index in [1.165, 1.54) is 4.90 Å². The van der Waals surface area contributed by atoms with Gasteiger partial charge < -0.3 is 10.0 Å². The number of hydrogen-bond acceptors (Lipinski definition) is 2. The molecule has 1 heterocycles. The molecule has 21 heavy (non-hydrogen) atoms. The van der Waals surface area contributed by atoms with Gasteiger partial charge in [0.2, 0.25) is 0 Å². The van der Waals surface area contributed by atoms with E-state index in [4.69, 9.17) is 0 Å². The van der Waals surface area contributed by atoms with Crippen LogP contribution in [0, 0.1) is 0 Å². The van der Waals surface area contributed by atoms with Crippen LogP contribution in [0.1, 0.15) is 19.4 Å². The van der Waals surface area contributed by atoms with Crippen molar-refractivity contribution >= 4 is 17.7 Å². The van der Waals surface area contributed by atoms with Crippen LogP contribution in [-0.2, 0) is 11.2 Å². The monoisotopic (exact) mass is 288 g/mol. The minimum Gasteiger partial charge on any atom is -0.480 e. The van der Waals surface area contributed by atoms with Gasteiger partial charge in [0.15, 0.2) is 0 Å². The van der Waals surface area contributed by atoms with Gasteiger partial charge in [-0.3, -0.25) is 4.90 Å². The minimum atomic E-state index is -0.981. The topological polar surface area (TPSA) is 60.9 Å². The summed E-state index contributed by atoms with van der Waals surface area (Å²) < 4.78 is 0. The number of carbonyl (C=O) groups is 2. The minimum absolute atomic E-state index is 0.280. The number of fused-ring (bicyclic) bond motifs is 1. The summed E-state index contributed by atoms with van der Waals surface area (Å²) in [6.07, 6.45) is 0.349. The zero-order valence-electron chi connectivity index (χ0n) is 12.4. The first-order valence-corrected chi connectivity index (χ1v) is 6.99. The van der Waals surface area contributed by atoms with Crippen molar-refractivity contribution in [2.75, 3.05) is 18.0 Å². The number of carboxylic acids is 1. The lowest BCUT2D eigenvalue weighted by molar-refractivity contribution is -0.138. The van der Waals surface area contributed by atoms with Gasteiger partial charge in [-0.1, -0.05) is 30.4 Å². The molecular weight excluding hydrogens is 268 g/mol. The van der Waals surface area contributed by atoms with Gasteiger partial charge in [-0.2, -0.15) is 0 Å². The first-order valence-electron chi connectivity index (χ1n) is 6.99. The summed E-state index contributed by atoms with van der Waals surface area (Å²) in [6, 6.07) is 6.22. The molecule has 0 spiro atoms.